The van der Waals surface area contributed by atoms with Crippen molar-refractivity contribution in [2.45, 2.75) is 38.7 Å². The summed E-state index contributed by atoms with van der Waals surface area (Å²) < 4.78 is 5.69. The van der Waals surface area contributed by atoms with E-state index in [1.54, 1.807) is 11.2 Å². The highest BCUT2D eigenvalue weighted by molar-refractivity contribution is 5.90. The second kappa shape index (κ2) is 7.80. The monoisotopic (exact) mass is 399 g/mol. The van der Waals surface area contributed by atoms with Crippen molar-refractivity contribution in [3.05, 3.63) is 35.1 Å². The van der Waals surface area contributed by atoms with Crippen molar-refractivity contribution >= 4 is 22.8 Å². The Morgan fingerprint density at radius 2 is 2.14 bits per heavy atom. The molecule has 2 amide bonds. The molecule has 3 heterocycles. The van der Waals surface area contributed by atoms with Crippen LogP contribution in [0.15, 0.2) is 22.8 Å². The first kappa shape index (κ1) is 19.9. The van der Waals surface area contributed by atoms with E-state index >= 15 is 0 Å². The average Bonchev–Trinajstić information content (AvgIpc) is 3.04. The van der Waals surface area contributed by atoms with Crippen molar-refractivity contribution in [3.8, 4) is 0 Å². The molecule has 7 heteroatoms. The molecule has 2 aliphatic rings. The number of fused-ring (bicyclic) bond motifs is 1. The van der Waals surface area contributed by atoms with E-state index in [0.29, 0.717) is 39.1 Å². The highest BCUT2D eigenvalue weighted by atomic mass is 16.3. The maximum absolute atomic E-state index is 13.0. The second-order valence-corrected chi connectivity index (χ2v) is 8.60. The van der Waals surface area contributed by atoms with Gasteiger partial charge in [-0.2, -0.15) is 0 Å². The van der Waals surface area contributed by atoms with Crippen molar-refractivity contribution in [3.63, 3.8) is 0 Å². The zero-order chi connectivity index (χ0) is 20.6. The third-order valence-corrected chi connectivity index (χ3v) is 5.98. The Balaban J connectivity index is 1.44. The molecule has 4 rings (SSSR count). The number of rotatable bonds is 4. The van der Waals surface area contributed by atoms with Gasteiger partial charge in [0.05, 0.1) is 31.4 Å². The number of aryl methyl sites for hydroxylation is 2. The average molecular weight is 399 g/mol. The van der Waals surface area contributed by atoms with E-state index in [9.17, 15) is 14.7 Å². The summed E-state index contributed by atoms with van der Waals surface area (Å²) in [5, 5.41) is 14.9. The van der Waals surface area contributed by atoms with Crippen molar-refractivity contribution < 1.29 is 19.1 Å². The molecule has 1 aromatic heterocycles. The Bertz CT molecular complexity index is 938. The van der Waals surface area contributed by atoms with E-state index in [0.717, 1.165) is 40.6 Å². The fraction of sp³-hybridized carbons (Fsp3) is 0.545. The molecule has 2 saturated heterocycles. The van der Waals surface area contributed by atoms with Crippen LogP contribution in [0.5, 0.6) is 0 Å². The van der Waals surface area contributed by atoms with Crippen LogP contribution in [0.25, 0.3) is 11.0 Å². The summed E-state index contributed by atoms with van der Waals surface area (Å²) in [5.74, 6) is -0.0109. The van der Waals surface area contributed by atoms with Gasteiger partial charge in [-0.15, -0.1) is 0 Å². The van der Waals surface area contributed by atoms with Crippen molar-refractivity contribution in [1.82, 2.24) is 15.1 Å². The highest BCUT2D eigenvalue weighted by Gasteiger charge is 2.37. The van der Waals surface area contributed by atoms with E-state index in [4.69, 9.17) is 4.42 Å². The van der Waals surface area contributed by atoms with Crippen LogP contribution in [0.3, 0.4) is 0 Å². The molecule has 2 aromatic rings. The Kier molecular flexibility index (Phi) is 5.36. The van der Waals surface area contributed by atoms with Gasteiger partial charge >= 0.3 is 0 Å². The molecule has 2 fully saturated rings. The minimum atomic E-state index is -0.975. The lowest BCUT2D eigenvalue weighted by Gasteiger charge is -2.42. The molecule has 0 bridgehead atoms. The quantitative estimate of drug-likeness (QED) is 0.811. The van der Waals surface area contributed by atoms with Crippen LogP contribution in [-0.4, -0.2) is 71.6 Å². The van der Waals surface area contributed by atoms with Crippen molar-refractivity contribution in [2.75, 3.05) is 39.3 Å². The van der Waals surface area contributed by atoms with Gasteiger partial charge < -0.3 is 19.7 Å². The summed E-state index contributed by atoms with van der Waals surface area (Å²) in [6.45, 7) is 7.06. The van der Waals surface area contributed by atoms with Crippen molar-refractivity contribution in [1.29, 1.82) is 0 Å². The number of hydrogen-bond donors (Lipinski definition) is 2. The lowest BCUT2D eigenvalue weighted by atomic mass is 9.91. The number of nitrogens with one attached hydrogen (secondary N) is 1. The molecule has 7 nitrogen and oxygen atoms in total. The number of aliphatic hydroxyl groups is 1. The number of nitrogens with zero attached hydrogens (tertiary/aromatic N) is 2. The first-order valence-electron chi connectivity index (χ1n) is 10.3. The summed E-state index contributed by atoms with van der Waals surface area (Å²) >= 11 is 0. The van der Waals surface area contributed by atoms with Gasteiger partial charge in [-0.1, -0.05) is 6.07 Å². The smallest absolute Gasteiger partial charge is 0.234 e. The molecule has 1 aromatic carbocycles. The van der Waals surface area contributed by atoms with Crippen LogP contribution in [0, 0.1) is 13.8 Å². The van der Waals surface area contributed by atoms with Crippen LogP contribution < -0.4 is 5.32 Å². The molecule has 0 spiro atoms. The first-order chi connectivity index (χ1) is 13.8. The molecule has 0 saturated carbocycles. The van der Waals surface area contributed by atoms with E-state index in [1.807, 2.05) is 24.8 Å². The number of carbonyl (C=O) groups is 2. The summed E-state index contributed by atoms with van der Waals surface area (Å²) in [7, 11) is 0. The molecule has 1 atom stereocenters. The van der Waals surface area contributed by atoms with Gasteiger partial charge in [0, 0.05) is 37.1 Å². The van der Waals surface area contributed by atoms with Crippen LogP contribution in [0.2, 0.25) is 0 Å². The Hall–Kier alpha value is -2.38. The molecular formula is C22H29N3O4. The fourth-order valence-corrected chi connectivity index (χ4v) is 4.73. The zero-order valence-electron chi connectivity index (χ0n) is 17.2. The molecule has 1 unspecified atom stereocenters. The Labute approximate surface area is 170 Å². The Morgan fingerprint density at radius 3 is 2.93 bits per heavy atom. The van der Waals surface area contributed by atoms with Crippen LogP contribution in [-0.2, 0) is 16.0 Å². The standard InChI is InChI=1S/C22H29N3O4/c1-15-8-16(2)21-17(12-29-18(21)9-15)10-20(27)25-6-3-4-22(28,14-25)13-24-7-5-23-19(26)11-24/h8-9,12,28H,3-7,10-11,13-14H2,1-2H3,(H,23,26). The van der Waals surface area contributed by atoms with E-state index in [2.05, 4.69) is 11.4 Å². The maximum atomic E-state index is 13.0. The van der Waals surface area contributed by atoms with Gasteiger partial charge in [0.15, 0.2) is 0 Å². The van der Waals surface area contributed by atoms with Gasteiger partial charge in [0.1, 0.15) is 5.58 Å². The number of benzene rings is 1. The predicted molar refractivity (Wildman–Crippen MR) is 110 cm³/mol. The molecule has 2 aliphatic heterocycles. The van der Waals surface area contributed by atoms with Gasteiger partial charge in [0.25, 0.3) is 0 Å². The zero-order valence-corrected chi connectivity index (χ0v) is 17.2. The van der Waals surface area contributed by atoms with Crippen LogP contribution in [0.4, 0.5) is 0 Å². The number of piperazine rings is 1. The summed E-state index contributed by atoms with van der Waals surface area (Å²) in [5.41, 5.74) is 2.97. The highest BCUT2D eigenvalue weighted by Crippen LogP contribution is 2.28. The molecule has 2 N–H and O–H groups in total. The normalized spacial score (nSPS) is 23.4. The number of piperidine rings is 1. The molecule has 29 heavy (non-hydrogen) atoms. The van der Waals surface area contributed by atoms with Gasteiger partial charge in [0.2, 0.25) is 11.8 Å². The second-order valence-electron chi connectivity index (χ2n) is 8.60. The SMILES string of the molecule is Cc1cc(C)c2c(CC(=O)N3CCCC(O)(CN4CCNC(=O)C4)C3)coc2c1. The number of hydrogen-bond acceptors (Lipinski definition) is 5. The number of likely N-dealkylation sites (tertiary alicyclic amines) is 1. The van der Waals surface area contributed by atoms with E-state index in [1.165, 1.54) is 0 Å². The predicted octanol–water partition coefficient (Wildman–Crippen LogP) is 1.38. The maximum Gasteiger partial charge on any atom is 0.234 e. The van der Waals surface area contributed by atoms with Crippen LogP contribution >= 0.6 is 0 Å². The number of furan rings is 1. The lowest BCUT2D eigenvalue weighted by Crippen LogP contribution is -2.59. The lowest BCUT2D eigenvalue weighted by molar-refractivity contribution is -0.140. The fourth-order valence-electron chi connectivity index (χ4n) is 4.73. The first-order valence-corrected chi connectivity index (χ1v) is 10.3. The number of β-amino-alcohol motifs (C(OH)–C–C–N with tert-alkyl or cyclic N) is 1. The van der Waals surface area contributed by atoms with Gasteiger partial charge in [-0.3, -0.25) is 14.5 Å². The third kappa shape index (κ3) is 4.31. The summed E-state index contributed by atoms with van der Waals surface area (Å²) in [6.07, 6.45) is 3.34. The molecule has 156 valence electrons. The van der Waals surface area contributed by atoms with Gasteiger partial charge in [-0.25, -0.2) is 0 Å². The Morgan fingerprint density at radius 1 is 1.31 bits per heavy atom. The summed E-state index contributed by atoms with van der Waals surface area (Å²) in [4.78, 5) is 28.4. The van der Waals surface area contributed by atoms with Gasteiger partial charge in [-0.05, 0) is 43.9 Å². The number of amides is 2. The number of carbonyl (C=O) groups excluding carboxylic acids is 2. The molecule has 0 radical (unpaired) electrons. The largest absolute Gasteiger partial charge is 0.464 e. The van der Waals surface area contributed by atoms with Crippen LogP contribution in [0.1, 0.15) is 29.5 Å². The minimum Gasteiger partial charge on any atom is -0.464 e. The van der Waals surface area contributed by atoms with E-state index < -0.39 is 5.60 Å². The molecular weight excluding hydrogens is 370 g/mol. The third-order valence-electron chi connectivity index (χ3n) is 5.98. The van der Waals surface area contributed by atoms with E-state index in [-0.39, 0.29) is 18.2 Å². The molecule has 0 aliphatic carbocycles. The topological polar surface area (TPSA) is 86.0 Å². The van der Waals surface area contributed by atoms with Crippen molar-refractivity contribution in [2.24, 2.45) is 0 Å². The minimum absolute atomic E-state index is 0.00203. The summed E-state index contributed by atoms with van der Waals surface area (Å²) in [6, 6.07) is 4.09.